The molecule has 0 saturated heterocycles. The molecule has 0 spiro atoms. The zero-order valence-corrected chi connectivity index (χ0v) is 20.4. The third kappa shape index (κ3) is 3.92. The molecule has 0 aliphatic carbocycles. The van der Waals surface area contributed by atoms with Gasteiger partial charge in [0, 0.05) is 22.0 Å². The fraction of sp³-hybridized carbons (Fsp3) is 0.0323. The van der Waals surface area contributed by atoms with Gasteiger partial charge in [-0.1, -0.05) is 90.5 Å². The second-order valence-corrected chi connectivity index (χ2v) is 9.06. The van der Waals surface area contributed by atoms with E-state index in [1.165, 1.54) is 0 Å². The van der Waals surface area contributed by atoms with Crippen molar-refractivity contribution < 1.29 is 0 Å². The second-order valence-electron chi connectivity index (χ2n) is 8.63. The predicted molar refractivity (Wildman–Crippen MR) is 149 cm³/mol. The van der Waals surface area contributed by atoms with Crippen molar-refractivity contribution in [1.82, 2.24) is 14.5 Å². The van der Waals surface area contributed by atoms with Crippen LogP contribution in [-0.4, -0.2) is 14.5 Å². The first kappa shape index (κ1) is 22.1. The summed E-state index contributed by atoms with van der Waals surface area (Å²) in [5, 5.41) is 5.24. The van der Waals surface area contributed by atoms with E-state index in [9.17, 15) is 0 Å². The van der Waals surface area contributed by atoms with Gasteiger partial charge in [0.1, 0.15) is 12.1 Å². The van der Waals surface area contributed by atoms with E-state index in [4.69, 9.17) is 21.6 Å². The minimum absolute atomic E-state index is 0.691. The molecule has 0 fully saturated rings. The summed E-state index contributed by atoms with van der Waals surface area (Å²) >= 11 is 6.26. The predicted octanol–water partition coefficient (Wildman–Crippen LogP) is 8.46. The van der Waals surface area contributed by atoms with Crippen LogP contribution in [0.3, 0.4) is 0 Å². The summed E-state index contributed by atoms with van der Waals surface area (Å²) in [6, 6.07) is 37.0. The Labute approximate surface area is 214 Å². The van der Waals surface area contributed by atoms with Crippen LogP contribution in [0.25, 0.3) is 39.1 Å². The van der Waals surface area contributed by atoms with Crippen molar-refractivity contribution >= 4 is 34.1 Å². The number of halogens is 1. The van der Waals surface area contributed by atoms with Crippen LogP contribution in [0, 0.1) is 6.92 Å². The Hall–Kier alpha value is -4.41. The lowest BCUT2D eigenvalue weighted by Crippen LogP contribution is -2.00. The van der Waals surface area contributed by atoms with Gasteiger partial charge in [-0.3, -0.25) is 4.57 Å². The Kier molecular flexibility index (Phi) is 5.72. The maximum Gasteiger partial charge on any atom is 0.151 e. The Morgan fingerprint density at radius 3 is 2.03 bits per heavy atom. The van der Waals surface area contributed by atoms with E-state index in [-0.39, 0.29) is 0 Å². The number of rotatable bonds is 5. The molecule has 2 aromatic heterocycles. The van der Waals surface area contributed by atoms with Gasteiger partial charge in [0.15, 0.2) is 5.65 Å². The van der Waals surface area contributed by atoms with Gasteiger partial charge in [-0.05, 0) is 53.9 Å². The van der Waals surface area contributed by atoms with Gasteiger partial charge in [-0.2, -0.15) is 0 Å². The minimum Gasteiger partial charge on any atom is -0.339 e. The number of anilines is 2. The smallest absolute Gasteiger partial charge is 0.151 e. The molecule has 0 radical (unpaired) electrons. The fourth-order valence-electron chi connectivity index (χ4n) is 4.64. The van der Waals surface area contributed by atoms with Crippen LogP contribution in [0.5, 0.6) is 0 Å². The Morgan fingerprint density at radius 2 is 1.33 bits per heavy atom. The third-order valence-corrected chi connectivity index (χ3v) is 6.59. The first-order valence-electron chi connectivity index (χ1n) is 11.8. The van der Waals surface area contributed by atoms with Crippen LogP contribution in [0.15, 0.2) is 116 Å². The summed E-state index contributed by atoms with van der Waals surface area (Å²) < 4.78 is 2.20. The fourth-order valence-corrected chi connectivity index (χ4v) is 4.77. The van der Waals surface area contributed by atoms with Gasteiger partial charge in [-0.25, -0.2) is 9.97 Å². The molecule has 0 atom stereocenters. The topological polar surface area (TPSA) is 42.7 Å². The average Bonchev–Trinajstić information content (AvgIpc) is 3.28. The molecule has 4 nitrogen and oxygen atoms in total. The molecule has 0 bridgehead atoms. The Balaban J connectivity index is 1.75. The van der Waals surface area contributed by atoms with Crippen molar-refractivity contribution in [3.8, 4) is 28.1 Å². The molecule has 174 valence electrons. The molecule has 1 N–H and O–H groups in total. The molecule has 6 rings (SSSR count). The molecule has 4 aromatic carbocycles. The van der Waals surface area contributed by atoms with Crippen LogP contribution in [-0.2, 0) is 0 Å². The molecule has 0 amide bonds. The normalized spacial score (nSPS) is 11.1. The highest BCUT2D eigenvalue weighted by Gasteiger charge is 2.25. The number of hydrogen-bond acceptors (Lipinski definition) is 3. The number of hydrogen-bond donors (Lipinski definition) is 1. The Morgan fingerprint density at radius 1 is 0.694 bits per heavy atom. The van der Waals surface area contributed by atoms with Crippen LogP contribution < -0.4 is 5.32 Å². The lowest BCUT2D eigenvalue weighted by atomic mass is 9.98. The standard InChI is InChI=1S/C31H23ClN4/c1-21-10-8-9-15-26(21)35-30-28-27(22-11-4-2-5-12-22)29(23-13-6-3-7-14-23)36(31(28)34-20-33-30)25-18-16-24(32)17-19-25/h2-20H,1H3,(H,33,34,35). The van der Waals surface area contributed by atoms with E-state index < -0.39 is 0 Å². The molecule has 0 saturated carbocycles. The van der Waals surface area contributed by atoms with Gasteiger partial charge in [0.05, 0.1) is 11.1 Å². The van der Waals surface area contributed by atoms with Gasteiger partial charge >= 0.3 is 0 Å². The highest BCUT2D eigenvalue weighted by Crippen LogP contribution is 2.44. The quantitative estimate of drug-likeness (QED) is 0.266. The third-order valence-electron chi connectivity index (χ3n) is 6.34. The van der Waals surface area contributed by atoms with E-state index in [1.54, 1.807) is 6.33 Å². The van der Waals surface area contributed by atoms with Crippen LogP contribution in [0.1, 0.15) is 5.56 Å². The van der Waals surface area contributed by atoms with Crippen molar-refractivity contribution in [1.29, 1.82) is 0 Å². The number of benzene rings is 4. The number of nitrogens with one attached hydrogen (secondary N) is 1. The number of aryl methyl sites for hydroxylation is 1. The lowest BCUT2D eigenvalue weighted by Gasteiger charge is -2.13. The SMILES string of the molecule is Cc1ccccc1Nc1ncnc2c1c(-c1ccccc1)c(-c1ccccc1)n2-c1ccc(Cl)cc1. The van der Waals surface area contributed by atoms with Crippen molar-refractivity contribution in [3.63, 3.8) is 0 Å². The van der Waals surface area contributed by atoms with E-state index in [1.807, 2.05) is 48.5 Å². The lowest BCUT2D eigenvalue weighted by molar-refractivity contribution is 1.08. The summed E-state index contributed by atoms with van der Waals surface area (Å²) in [6.07, 6.45) is 1.62. The van der Waals surface area contributed by atoms with Gasteiger partial charge in [-0.15, -0.1) is 0 Å². The summed E-state index contributed by atoms with van der Waals surface area (Å²) in [5.41, 5.74) is 8.26. The van der Waals surface area contributed by atoms with Gasteiger partial charge in [0.25, 0.3) is 0 Å². The molecule has 6 aromatic rings. The minimum atomic E-state index is 0.691. The van der Waals surface area contributed by atoms with Gasteiger partial charge in [0.2, 0.25) is 0 Å². The summed E-state index contributed by atoms with van der Waals surface area (Å²) in [6.45, 7) is 2.09. The molecule has 0 aliphatic heterocycles. The largest absolute Gasteiger partial charge is 0.339 e. The average molecular weight is 487 g/mol. The molecular formula is C31H23ClN4. The second kappa shape index (κ2) is 9.33. The molecule has 0 aliphatic rings. The Bertz CT molecular complexity index is 1660. The van der Waals surface area contributed by atoms with Crippen molar-refractivity contribution in [2.24, 2.45) is 0 Å². The van der Waals surface area contributed by atoms with Crippen molar-refractivity contribution in [3.05, 3.63) is 126 Å². The molecule has 2 heterocycles. The summed E-state index contributed by atoms with van der Waals surface area (Å²) in [7, 11) is 0. The number of fused-ring (bicyclic) bond motifs is 1. The highest BCUT2D eigenvalue weighted by atomic mass is 35.5. The first-order chi connectivity index (χ1) is 17.7. The number of para-hydroxylation sites is 1. The molecule has 5 heteroatoms. The monoisotopic (exact) mass is 486 g/mol. The van der Waals surface area contributed by atoms with Crippen LogP contribution in [0.4, 0.5) is 11.5 Å². The molecule has 0 unspecified atom stereocenters. The van der Waals surface area contributed by atoms with E-state index in [0.717, 1.165) is 56.2 Å². The molecule has 36 heavy (non-hydrogen) atoms. The van der Waals surface area contributed by atoms with Gasteiger partial charge < -0.3 is 5.32 Å². The summed E-state index contributed by atoms with van der Waals surface area (Å²) in [5.74, 6) is 0.762. The first-order valence-corrected chi connectivity index (χ1v) is 12.2. The van der Waals surface area contributed by atoms with Crippen molar-refractivity contribution in [2.75, 3.05) is 5.32 Å². The number of nitrogens with zero attached hydrogens (tertiary/aromatic N) is 3. The van der Waals surface area contributed by atoms with Crippen molar-refractivity contribution in [2.45, 2.75) is 6.92 Å². The summed E-state index contributed by atoms with van der Waals surface area (Å²) in [4.78, 5) is 9.54. The zero-order chi connectivity index (χ0) is 24.5. The number of aromatic nitrogens is 3. The maximum absolute atomic E-state index is 6.26. The van der Waals surface area contributed by atoms with E-state index in [0.29, 0.717) is 5.02 Å². The molecular weight excluding hydrogens is 464 g/mol. The van der Waals surface area contributed by atoms with Crippen LogP contribution >= 0.6 is 11.6 Å². The van der Waals surface area contributed by atoms with E-state index >= 15 is 0 Å². The zero-order valence-electron chi connectivity index (χ0n) is 19.7. The maximum atomic E-state index is 6.26. The van der Waals surface area contributed by atoms with E-state index in [2.05, 4.69) is 77.5 Å². The van der Waals surface area contributed by atoms with Crippen LogP contribution in [0.2, 0.25) is 5.02 Å². The highest BCUT2D eigenvalue weighted by molar-refractivity contribution is 6.30.